The van der Waals surface area contributed by atoms with E-state index in [9.17, 15) is 14.4 Å². The maximum Gasteiger partial charge on any atom is 0.407 e. The minimum absolute atomic E-state index is 0.0892. The van der Waals surface area contributed by atoms with Gasteiger partial charge in [-0.05, 0) is 51.9 Å². The SMILES string of the molecule is COC(=O)C1(CNC(=O)CC2(CNC(=O)OC(C)(C)C)CC2)CC1. The largest absolute Gasteiger partial charge is 0.469 e. The number of hydrogen-bond donors (Lipinski definition) is 2. The predicted molar refractivity (Wildman–Crippen MR) is 87.2 cm³/mol. The summed E-state index contributed by atoms with van der Waals surface area (Å²) in [6.07, 6.45) is 3.20. The molecule has 2 aliphatic carbocycles. The molecule has 0 bridgehead atoms. The van der Waals surface area contributed by atoms with Gasteiger partial charge >= 0.3 is 12.1 Å². The van der Waals surface area contributed by atoms with Crippen molar-refractivity contribution >= 4 is 18.0 Å². The van der Waals surface area contributed by atoms with Crippen LogP contribution in [0.4, 0.5) is 4.79 Å². The molecule has 2 aliphatic rings. The van der Waals surface area contributed by atoms with E-state index in [1.54, 1.807) is 0 Å². The van der Waals surface area contributed by atoms with E-state index >= 15 is 0 Å². The Labute approximate surface area is 142 Å². The highest BCUT2D eigenvalue weighted by molar-refractivity contribution is 5.82. The third kappa shape index (κ3) is 5.11. The lowest BCUT2D eigenvalue weighted by atomic mass is 10.0. The van der Waals surface area contributed by atoms with Crippen molar-refractivity contribution in [1.82, 2.24) is 10.6 Å². The van der Waals surface area contributed by atoms with E-state index in [1.807, 2.05) is 20.8 Å². The average molecular weight is 340 g/mol. The van der Waals surface area contributed by atoms with Crippen LogP contribution in [0.3, 0.4) is 0 Å². The summed E-state index contributed by atoms with van der Waals surface area (Å²) in [5.41, 5.74) is -1.23. The number of esters is 1. The molecule has 24 heavy (non-hydrogen) atoms. The summed E-state index contributed by atoms with van der Waals surface area (Å²) >= 11 is 0. The Morgan fingerprint density at radius 1 is 1.00 bits per heavy atom. The van der Waals surface area contributed by atoms with Gasteiger partial charge in [-0.25, -0.2) is 4.79 Å². The summed E-state index contributed by atoms with van der Waals surface area (Å²) in [7, 11) is 1.37. The molecule has 7 heteroatoms. The fourth-order valence-electron chi connectivity index (χ4n) is 2.66. The van der Waals surface area contributed by atoms with E-state index in [-0.39, 0.29) is 17.3 Å². The molecule has 7 nitrogen and oxygen atoms in total. The number of alkyl carbamates (subject to hydrolysis) is 1. The van der Waals surface area contributed by atoms with Crippen molar-refractivity contribution in [3.63, 3.8) is 0 Å². The van der Waals surface area contributed by atoms with Crippen LogP contribution in [0.1, 0.15) is 52.9 Å². The smallest absolute Gasteiger partial charge is 0.407 e. The zero-order valence-electron chi connectivity index (χ0n) is 15.0. The van der Waals surface area contributed by atoms with Gasteiger partial charge < -0.3 is 20.1 Å². The summed E-state index contributed by atoms with van der Waals surface area (Å²) in [6.45, 7) is 6.18. The number of methoxy groups -OCH3 is 1. The minimum Gasteiger partial charge on any atom is -0.469 e. The summed E-state index contributed by atoms with van der Waals surface area (Å²) in [6, 6.07) is 0. The van der Waals surface area contributed by atoms with Crippen LogP contribution in [0.5, 0.6) is 0 Å². The Morgan fingerprint density at radius 2 is 1.62 bits per heavy atom. The van der Waals surface area contributed by atoms with E-state index in [1.165, 1.54) is 7.11 Å². The second-order valence-electron chi connectivity index (χ2n) is 8.08. The van der Waals surface area contributed by atoms with Gasteiger partial charge in [0, 0.05) is 19.5 Å². The molecule has 2 saturated carbocycles. The molecule has 0 atom stereocenters. The van der Waals surface area contributed by atoms with Crippen molar-refractivity contribution in [2.24, 2.45) is 10.8 Å². The number of amides is 2. The Bertz CT molecular complexity index is 516. The van der Waals surface area contributed by atoms with Gasteiger partial charge in [-0.2, -0.15) is 0 Å². The second kappa shape index (κ2) is 6.61. The summed E-state index contributed by atoms with van der Waals surface area (Å²) in [5.74, 6) is -0.343. The lowest BCUT2D eigenvalue weighted by Gasteiger charge is -2.22. The van der Waals surface area contributed by atoms with Crippen molar-refractivity contribution in [3.05, 3.63) is 0 Å². The van der Waals surface area contributed by atoms with Crippen LogP contribution >= 0.6 is 0 Å². The van der Waals surface area contributed by atoms with Crippen molar-refractivity contribution in [3.8, 4) is 0 Å². The molecule has 0 radical (unpaired) electrons. The van der Waals surface area contributed by atoms with Gasteiger partial charge in [0.2, 0.25) is 5.91 Å². The topological polar surface area (TPSA) is 93.7 Å². The van der Waals surface area contributed by atoms with Crippen LogP contribution < -0.4 is 10.6 Å². The molecule has 0 aromatic carbocycles. The third-order valence-electron chi connectivity index (χ3n) is 4.60. The van der Waals surface area contributed by atoms with Crippen molar-refractivity contribution in [2.45, 2.75) is 58.5 Å². The first-order valence-corrected chi connectivity index (χ1v) is 8.42. The van der Waals surface area contributed by atoms with E-state index in [0.29, 0.717) is 19.5 Å². The molecule has 2 amide bonds. The van der Waals surface area contributed by atoms with Gasteiger partial charge in [-0.1, -0.05) is 0 Å². The average Bonchev–Trinajstić information content (AvgIpc) is 3.38. The first-order chi connectivity index (χ1) is 11.1. The molecule has 0 aromatic heterocycles. The highest BCUT2D eigenvalue weighted by Crippen LogP contribution is 2.49. The van der Waals surface area contributed by atoms with Crippen LogP contribution in [0.2, 0.25) is 0 Å². The maximum atomic E-state index is 12.2. The number of carbonyl (C=O) groups is 3. The standard InChI is InChI=1S/C17H28N2O5/c1-15(2,3)24-14(22)19-10-16(5-6-16)9-12(20)18-11-17(7-8-17)13(21)23-4/h5-11H2,1-4H3,(H,18,20)(H,19,22). The zero-order valence-corrected chi connectivity index (χ0v) is 15.0. The Hall–Kier alpha value is -1.79. The fourth-order valence-corrected chi connectivity index (χ4v) is 2.66. The number of ether oxygens (including phenoxy) is 2. The molecule has 0 heterocycles. The van der Waals surface area contributed by atoms with Crippen LogP contribution in [0.25, 0.3) is 0 Å². The molecular weight excluding hydrogens is 312 g/mol. The Balaban J connectivity index is 1.71. The Morgan fingerprint density at radius 3 is 2.08 bits per heavy atom. The van der Waals surface area contributed by atoms with Crippen molar-refractivity contribution in [2.75, 3.05) is 20.2 Å². The van der Waals surface area contributed by atoms with Gasteiger partial charge in [0.15, 0.2) is 0 Å². The Kier molecular flexibility index (Phi) is 5.11. The van der Waals surface area contributed by atoms with E-state index < -0.39 is 17.1 Å². The number of carbonyl (C=O) groups excluding carboxylic acids is 3. The lowest BCUT2D eigenvalue weighted by molar-refractivity contribution is -0.147. The third-order valence-corrected chi connectivity index (χ3v) is 4.60. The van der Waals surface area contributed by atoms with E-state index in [2.05, 4.69) is 10.6 Å². The first-order valence-electron chi connectivity index (χ1n) is 8.42. The zero-order chi connectivity index (χ0) is 18.0. The minimum atomic E-state index is -0.537. The molecule has 0 spiro atoms. The van der Waals surface area contributed by atoms with Crippen LogP contribution in [-0.2, 0) is 19.1 Å². The van der Waals surface area contributed by atoms with Crippen LogP contribution in [0, 0.1) is 10.8 Å². The van der Waals surface area contributed by atoms with E-state index in [4.69, 9.17) is 9.47 Å². The molecule has 0 aliphatic heterocycles. The molecule has 136 valence electrons. The first kappa shape index (κ1) is 18.5. The van der Waals surface area contributed by atoms with Gasteiger partial charge in [-0.3, -0.25) is 9.59 Å². The van der Waals surface area contributed by atoms with Crippen LogP contribution in [-0.4, -0.2) is 43.8 Å². The lowest BCUT2D eigenvalue weighted by Crippen LogP contribution is -2.39. The second-order valence-corrected chi connectivity index (χ2v) is 8.08. The monoisotopic (exact) mass is 340 g/mol. The highest BCUT2D eigenvalue weighted by Gasteiger charge is 2.51. The van der Waals surface area contributed by atoms with Gasteiger partial charge in [-0.15, -0.1) is 0 Å². The number of rotatable bonds is 7. The number of hydrogen-bond acceptors (Lipinski definition) is 5. The van der Waals surface area contributed by atoms with Crippen molar-refractivity contribution < 1.29 is 23.9 Å². The van der Waals surface area contributed by atoms with Crippen molar-refractivity contribution in [1.29, 1.82) is 0 Å². The van der Waals surface area contributed by atoms with E-state index in [0.717, 1.165) is 25.7 Å². The normalized spacial score (nSPS) is 19.8. The fraction of sp³-hybridized carbons (Fsp3) is 0.824. The number of nitrogens with one attached hydrogen (secondary N) is 2. The quantitative estimate of drug-likeness (QED) is 0.689. The molecule has 0 aromatic rings. The molecule has 0 unspecified atom stereocenters. The maximum absolute atomic E-state index is 12.2. The molecule has 2 rings (SSSR count). The summed E-state index contributed by atoms with van der Waals surface area (Å²) < 4.78 is 9.98. The predicted octanol–water partition coefficient (Wildman–Crippen LogP) is 1.75. The van der Waals surface area contributed by atoms with Gasteiger partial charge in [0.1, 0.15) is 5.60 Å². The summed E-state index contributed by atoms with van der Waals surface area (Å²) in [4.78, 5) is 35.5. The highest BCUT2D eigenvalue weighted by atomic mass is 16.6. The molecule has 0 saturated heterocycles. The summed E-state index contributed by atoms with van der Waals surface area (Å²) in [5, 5.41) is 5.58. The van der Waals surface area contributed by atoms with Gasteiger partial charge in [0.25, 0.3) is 0 Å². The van der Waals surface area contributed by atoms with Gasteiger partial charge in [0.05, 0.1) is 12.5 Å². The molecule has 2 N–H and O–H groups in total. The van der Waals surface area contributed by atoms with Crippen LogP contribution in [0.15, 0.2) is 0 Å². The molecular formula is C17H28N2O5. The molecule has 2 fully saturated rings.